The van der Waals surface area contributed by atoms with Crippen molar-refractivity contribution < 1.29 is 9.90 Å². The molecule has 0 radical (unpaired) electrons. The fourth-order valence-electron chi connectivity index (χ4n) is 4.19. The van der Waals surface area contributed by atoms with Crippen LogP contribution in [0.1, 0.15) is 28.8 Å². The van der Waals surface area contributed by atoms with Crippen LogP contribution in [-0.4, -0.2) is 34.9 Å². The number of Topliss-reactive ketones (excluding diaryl/α,β-unsaturated/α-hetero) is 1. The lowest BCUT2D eigenvalue weighted by Gasteiger charge is -2.16. The van der Waals surface area contributed by atoms with Crippen molar-refractivity contribution in [3.63, 3.8) is 0 Å². The van der Waals surface area contributed by atoms with Crippen LogP contribution in [0.5, 0.6) is 5.75 Å². The second-order valence-electron chi connectivity index (χ2n) is 9.27. The number of halogens is 2. The number of rotatable bonds is 7. The highest BCUT2D eigenvalue weighted by Gasteiger charge is 2.32. The molecule has 178 valence electrons. The molecule has 0 saturated heterocycles. The summed E-state index contributed by atoms with van der Waals surface area (Å²) in [5.41, 5.74) is 5.81. The van der Waals surface area contributed by atoms with Crippen LogP contribution in [0.15, 0.2) is 60.8 Å². The maximum atomic E-state index is 13.2. The van der Waals surface area contributed by atoms with E-state index in [0.717, 1.165) is 52.8 Å². The van der Waals surface area contributed by atoms with E-state index in [1.165, 1.54) is 5.56 Å². The van der Waals surface area contributed by atoms with E-state index in [4.69, 9.17) is 23.2 Å². The molecule has 0 atom stereocenters. The van der Waals surface area contributed by atoms with E-state index < -0.39 is 0 Å². The van der Waals surface area contributed by atoms with Gasteiger partial charge in [-0.1, -0.05) is 41.4 Å². The highest BCUT2D eigenvalue weighted by atomic mass is 35.5. The molecule has 1 aliphatic rings. The summed E-state index contributed by atoms with van der Waals surface area (Å²) in [6.07, 6.45) is 3.51. The first kappa shape index (κ1) is 23.6. The van der Waals surface area contributed by atoms with Crippen LogP contribution in [0.3, 0.4) is 0 Å². The molecule has 5 rings (SSSR count). The van der Waals surface area contributed by atoms with Crippen LogP contribution >= 0.6 is 23.2 Å². The third-order valence-electron chi connectivity index (χ3n) is 6.15. The molecule has 7 heteroatoms. The first-order chi connectivity index (χ1) is 16.8. The number of hydrogen-bond donors (Lipinski definition) is 2. The molecule has 1 saturated carbocycles. The van der Waals surface area contributed by atoms with E-state index in [0.29, 0.717) is 5.56 Å². The average molecular weight is 506 g/mol. The monoisotopic (exact) mass is 505 g/mol. The molecular weight excluding hydrogens is 481 g/mol. The Morgan fingerprint density at radius 3 is 2.34 bits per heavy atom. The number of fused-ring (bicyclic) bond motifs is 1. The van der Waals surface area contributed by atoms with Crippen molar-refractivity contribution >= 4 is 51.3 Å². The maximum Gasteiger partial charge on any atom is 0.169 e. The summed E-state index contributed by atoms with van der Waals surface area (Å²) in [4.78, 5) is 19.9. The van der Waals surface area contributed by atoms with Crippen molar-refractivity contribution in [3.8, 4) is 16.9 Å². The maximum absolute atomic E-state index is 13.2. The minimum absolute atomic E-state index is 0.0650. The average Bonchev–Trinajstić information content (AvgIpc) is 3.68. The summed E-state index contributed by atoms with van der Waals surface area (Å²) >= 11 is 12.3. The zero-order valence-electron chi connectivity index (χ0n) is 19.5. The van der Waals surface area contributed by atoms with Gasteiger partial charge in [0, 0.05) is 29.7 Å². The standard InChI is InChI=1S/C28H25Cl2N3O2/c1-33(2)15-16-3-8-20(9-4-16)32-26-21-11-18(19-12-23(29)28(35)24(30)13-19)7-10-25(21)31-14-22(26)27(34)17-5-6-17/h3-4,7-14,17,35H,5-6,15H2,1-2H3,(H,31,32). The quantitative estimate of drug-likeness (QED) is 0.257. The Labute approximate surface area is 214 Å². The van der Waals surface area contributed by atoms with E-state index in [-0.39, 0.29) is 27.5 Å². The Hall–Kier alpha value is -3.12. The summed E-state index contributed by atoms with van der Waals surface area (Å²) in [6.45, 7) is 0.852. The van der Waals surface area contributed by atoms with Gasteiger partial charge in [-0.05, 0) is 80.0 Å². The van der Waals surface area contributed by atoms with Crippen LogP contribution in [0, 0.1) is 5.92 Å². The molecule has 0 spiro atoms. The molecule has 35 heavy (non-hydrogen) atoms. The first-order valence-electron chi connectivity index (χ1n) is 11.5. The van der Waals surface area contributed by atoms with Gasteiger partial charge < -0.3 is 15.3 Å². The van der Waals surface area contributed by atoms with Gasteiger partial charge in [-0.15, -0.1) is 0 Å². The van der Waals surface area contributed by atoms with E-state index in [1.54, 1.807) is 18.3 Å². The summed E-state index contributed by atoms with van der Waals surface area (Å²) in [7, 11) is 4.08. The molecule has 0 aliphatic heterocycles. The van der Waals surface area contributed by atoms with Gasteiger partial charge in [0.05, 0.1) is 26.8 Å². The topological polar surface area (TPSA) is 65.5 Å². The zero-order chi connectivity index (χ0) is 24.7. The van der Waals surface area contributed by atoms with Crippen molar-refractivity contribution in [1.82, 2.24) is 9.88 Å². The minimum Gasteiger partial charge on any atom is -0.505 e. The smallest absolute Gasteiger partial charge is 0.169 e. The van der Waals surface area contributed by atoms with Crippen molar-refractivity contribution in [2.24, 2.45) is 5.92 Å². The molecule has 0 bridgehead atoms. The summed E-state index contributed by atoms with van der Waals surface area (Å²) < 4.78 is 0. The minimum atomic E-state index is -0.142. The summed E-state index contributed by atoms with van der Waals surface area (Å²) in [5.74, 6) is 0.0411. The SMILES string of the molecule is CN(C)Cc1ccc(Nc2c(C(=O)C3CC3)cnc3ccc(-c4cc(Cl)c(O)c(Cl)c4)cc23)cc1. The van der Waals surface area contributed by atoms with Gasteiger partial charge in [-0.3, -0.25) is 9.78 Å². The Bertz CT molecular complexity index is 1410. The fourth-order valence-corrected chi connectivity index (χ4v) is 4.68. The normalized spacial score (nSPS) is 13.4. The number of carbonyl (C=O) groups excluding carboxylic acids is 1. The fraction of sp³-hybridized carbons (Fsp3) is 0.214. The van der Waals surface area contributed by atoms with Gasteiger partial charge in [0.1, 0.15) is 0 Å². The second kappa shape index (κ2) is 9.50. The van der Waals surface area contributed by atoms with Gasteiger partial charge in [-0.25, -0.2) is 0 Å². The number of nitrogens with zero attached hydrogens (tertiary/aromatic N) is 2. The van der Waals surface area contributed by atoms with Crippen LogP contribution in [0.2, 0.25) is 10.0 Å². The number of aromatic hydroxyl groups is 1. The molecule has 1 aromatic heterocycles. The van der Waals surface area contributed by atoms with Gasteiger partial charge >= 0.3 is 0 Å². The van der Waals surface area contributed by atoms with Gasteiger partial charge in [0.25, 0.3) is 0 Å². The molecule has 3 aromatic carbocycles. The van der Waals surface area contributed by atoms with Crippen LogP contribution in [0.4, 0.5) is 11.4 Å². The Morgan fingerprint density at radius 2 is 1.71 bits per heavy atom. The lowest BCUT2D eigenvalue weighted by molar-refractivity contribution is 0.0968. The number of phenolic OH excluding ortho intramolecular Hbond substituents is 1. The number of aromatic nitrogens is 1. The molecule has 1 heterocycles. The molecule has 0 amide bonds. The Balaban J connectivity index is 1.62. The molecule has 4 aromatic rings. The predicted molar refractivity (Wildman–Crippen MR) is 143 cm³/mol. The largest absolute Gasteiger partial charge is 0.505 e. The Morgan fingerprint density at radius 1 is 1.03 bits per heavy atom. The van der Waals surface area contributed by atoms with Crippen LogP contribution < -0.4 is 5.32 Å². The third kappa shape index (κ3) is 4.98. The highest BCUT2D eigenvalue weighted by Crippen LogP contribution is 2.40. The number of phenols is 1. The predicted octanol–water partition coefficient (Wildman–Crippen LogP) is 7.31. The third-order valence-corrected chi connectivity index (χ3v) is 6.73. The van der Waals surface area contributed by atoms with Gasteiger partial charge in [0.2, 0.25) is 0 Å². The lowest BCUT2D eigenvalue weighted by Crippen LogP contribution is -2.10. The van der Waals surface area contributed by atoms with Crippen molar-refractivity contribution in [2.75, 3.05) is 19.4 Å². The van der Waals surface area contributed by atoms with E-state index in [2.05, 4.69) is 27.3 Å². The molecule has 5 nitrogen and oxygen atoms in total. The van der Waals surface area contributed by atoms with Gasteiger partial charge in [-0.2, -0.15) is 0 Å². The zero-order valence-corrected chi connectivity index (χ0v) is 21.0. The molecule has 0 unspecified atom stereocenters. The molecular formula is C28H25Cl2N3O2. The number of carbonyl (C=O) groups is 1. The van der Waals surface area contributed by atoms with Crippen LogP contribution in [-0.2, 0) is 6.54 Å². The molecule has 2 N–H and O–H groups in total. The first-order valence-corrected chi connectivity index (χ1v) is 12.2. The van der Waals surface area contributed by atoms with E-state index >= 15 is 0 Å². The van der Waals surface area contributed by atoms with Crippen molar-refractivity contribution in [2.45, 2.75) is 19.4 Å². The number of nitrogens with one attached hydrogen (secondary N) is 1. The van der Waals surface area contributed by atoms with Gasteiger partial charge in [0.15, 0.2) is 11.5 Å². The van der Waals surface area contributed by atoms with E-state index in [1.807, 2.05) is 44.4 Å². The number of benzene rings is 3. The lowest BCUT2D eigenvalue weighted by atomic mass is 9.98. The van der Waals surface area contributed by atoms with Crippen LogP contribution in [0.25, 0.3) is 22.0 Å². The Kier molecular flexibility index (Phi) is 6.41. The highest BCUT2D eigenvalue weighted by molar-refractivity contribution is 6.37. The van der Waals surface area contributed by atoms with Crippen molar-refractivity contribution in [1.29, 1.82) is 0 Å². The van der Waals surface area contributed by atoms with Crippen molar-refractivity contribution in [3.05, 3.63) is 82.0 Å². The number of pyridine rings is 1. The number of ketones is 1. The molecule has 1 fully saturated rings. The second-order valence-corrected chi connectivity index (χ2v) is 10.1. The summed E-state index contributed by atoms with van der Waals surface area (Å²) in [6, 6.07) is 17.4. The number of hydrogen-bond acceptors (Lipinski definition) is 5. The summed E-state index contributed by atoms with van der Waals surface area (Å²) in [5, 5.41) is 14.6. The molecule has 1 aliphatic carbocycles. The number of anilines is 2. The van der Waals surface area contributed by atoms with E-state index in [9.17, 15) is 9.90 Å².